The fourth-order valence-electron chi connectivity index (χ4n) is 4.74. The van der Waals surface area contributed by atoms with Gasteiger partial charge in [0.1, 0.15) is 0 Å². The molecule has 134 valence electrons. The summed E-state index contributed by atoms with van der Waals surface area (Å²) in [6.45, 7) is 26.9. The van der Waals surface area contributed by atoms with Crippen molar-refractivity contribution in [1.82, 2.24) is 0 Å². The summed E-state index contributed by atoms with van der Waals surface area (Å²) in [4.78, 5) is 0. The van der Waals surface area contributed by atoms with Crippen LogP contribution in [0, 0.1) is 40.4 Å². The fourth-order valence-corrected chi connectivity index (χ4v) is 4.74. The van der Waals surface area contributed by atoms with Gasteiger partial charge in [-0.3, -0.25) is 0 Å². The van der Waals surface area contributed by atoms with E-state index in [-0.39, 0.29) is 0 Å². The topological polar surface area (TPSA) is 0 Å². The van der Waals surface area contributed by atoms with Gasteiger partial charge in [-0.1, -0.05) is 89.0 Å². The highest BCUT2D eigenvalue weighted by Gasteiger charge is 2.44. The van der Waals surface area contributed by atoms with Crippen LogP contribution in [0.25, 0.3) is 0 Å². The van der Waals surface area contributed by atoms with Gasteiger partial charge in [0.2, 0.25) is 0 Å². The predicted octanol–water partition coefficient (Wildman–Crippen LogP) is 7.82. The summed E-state index contributed by atoms with van der Waals surface area (Å²) < 4.78 is 0. The van der Waals surface area contributed by atoms with Crippen LogP contribution in [0.5, 0.6) is 0 Å². The molecule has 3 unspecified atom stereocenters. The first-order valence-electron chi connectivity index (χ1n) is 9.83. The second-order valence-corrected chi connectivity index (χ2v) is 10.3. The lowest BCUT2D eigenvalue weighted by atomic mass is 9.55. The number of hydrogen-bond donors (Lipinski definition) is 0. The van der Waals surface area contributed by atoms with Crippen molar-refractivity contribution < 1.29 is 0 Å². The lowest BCUT2D eigenvalue weighted by molar-refractivity contribution is -0.0108. The molecule has 0 radical (unpaired) electrons. The molecule has 0 aromatic carbocycles. The summed E-state index contributed by atoms with van der Waals surface area (Å²) in [6, 6.07) is 0. The van der Waals surface area contributed by atoms with Crippen LogP contribution < -0.4 is 0 Å². The van der Waals surface area contributed by atoms with Crippen LogP contribution in [0.3, 0.4) is 0 Å². The molecule has 22 heavy (non-hydrogen) atoms. The van der Waals surface area contributed by atoms with Crippen molar-refractivity contribution in [2.75, 3.05) is 0 Å². The van der Waals surface area contributed by atoms with Crippen molar-refractivity contribution in [2.24, 2.45) is 40.4 Å². The normalized spacial score (nSPS) is 17.9. The summed E-state index contributed by atoms with van der Waals surface area (Å²) in [7, 11) is 0. The Kier molecular flexibility index (Phi) is 8.74. The Bertz CT molecular complexity index is 290. The molecule has 0 heterocycles. The van der Waals surface area contributed by atoms with Crippen molar-refractivity contribution in [1.29, 1.82) is 0 Å². The molecule has 0 saturated carbocycles. The molecule has 0 fully saturated rings. The Morgan fingerprint density at radius 2 is 1.23 bits per heavy atom. The van der Waals surface area contributed by atoms with Gasteiger partial charge < -0.3 is 0 Å². The quantitative estimate of drug-likeness (QED) is 0.407. The minimum absolute atomic E-state index is 0.390. The SMILES string of the molecule is CCC(C)C(CC(C)C)C(C)(C)C(CCC(C)C)C(C)(C)C. The van der Waals surface area contributed by atoms with Gasteiger partial charge in [-0.2, -0.15) is 0 Å². The highest BCUT2D eigenvalue weighted by molar-refractivity contribution is 4.93. The van der Waals surface area contributed by atoms with Crippen LogP contribution >= 0.6 is 0 Å². The Labute approximate surface area is 142 Å². The summed E-state index contributed by atoms with van der Waals surface area (Å²) >= 11 is 0. The second kappa shape index (κ2) is 8.74. The minimum atomic E-state index is 0.390. The highest BCUT2D eigenvalue weighted by Crippen LogP contribution is 2.51. The van der Waals surface area contributed by atoms with E-state index in [2.05, 4.69) is 76.2 Å². The second-order valence-electron chi connectivity index (χ2n) is 10.3. The Balaban J connectivity index is 5.49. The molecule has 3 atom stereocenters. The Morgan fingerprint density at radius 1 is 0.727 bits per heavy atom. The highest BCUT2D eigenvalue weighted by atomic mass is 14.5. The largest absolute Gasteiger partial charge is 0.0651 e. The maximum Gasteiger partial charge on any atom is -0.0290 e. The van der Waals surface area contributed by atoms with E-state index in [0.717, 1.165) is 29.6 Å². The summed E-state index contributed by atoms with van der Waals surface area (Å²) in [5.74, 6) is 4.05. The molecule has 0 N–H and O–H groups in total. The first kappa shape index (κ1) is 22.0. The molecule has 0 aliphatic rings. The average molecular weight is 311 g/mol. The van der Waals surface area contributed by atoms with Gasteiger partial charge in [0.15, 0.2) is 0 Å². The molecule has 0 aliphatic heterocycles. The van der Waals surface area contributed by atoms with E-state index in [1.54, 1.807) is 0 Å². The van der Waals surface area contributed by atoms with Gasteiger partial charge in [-0.25, -0.2) is 0 Å². The van der Waals surface area contributed by atoms with Crippen LogP contribution in [0.15, 0.2) is 0 Å². The summed E-state index contributed by atoms with van der Waals surface area (Å²) in [5, 5.41) is 0. The average Bonchev–Trinajstić information content (AvgIpc) is 2.32. The third kappa shape index (κ3) is 6.63. The van der Waals surface area contributed by atoms with Crippen molar-refractivity contribution >= 4 is 0 Å². The fraction of sp³-hybridized carbons (Fsp3) is 1.00. The van der Waals surface area contributed by atoms with Crippen molar-refractivity contribution in [3.63, 3.8) is 0 Å². The van der Waals surface area contributed by atoms with Gasteiger partial charge in [-0.05, 0) is 53.3 Å². The van der Waals surface area contributed by atoms with E-state index in [1.807, 2.05) is 0 Å². The number of hydrogen-bond acceptors (Lipinski definition) is 0. The maximum atomic E-state index is 2.57. The van der Waals surface area contributed by atoms with Crippen LogP contribution in [0.2, 0.25) is 0 Å². The third-order valence-electron chi connectivity index (χ3n) is 5.99. The molecule has 0 bridgehead atoms. The molecule has 0 amide bonds. The van der Waals surface area contributed by atoms with E-state index in [0.29, 0.717) is 10.8 Å². The number of rotatable bonds is 9. The van der Waals surface area contributed by atoms with Crippen molar-refractivity contribution in [2.45, 2.75) is 102 Å². The lowest BCUT2D eigenvalue weighted by Gasteiger charge is -2.50. The molecule has 0 rings (SSSR count). The van der Waals surface area contributed by atoms with Gasteiger partial charge in [0.25, 0.3) is 0 Å². The third-order valence-corrected chi connectivity index (χ3v) is 5.99. The van der Waals surface area contributed by atoms with Crippen LogP contribution in [-0.4, -0.2) is 0 Å². The van der Waals surface area contributed by atoms with E-state index >= 15 is 0 Å². The summed E-state index contributed by atoms with van der Waals surface area (Å²) in [5.41, 5.74) is 0.800. The Morgan fingerprint density at radius 3 is 1.55 bits per heavy atom. The monoisotopic (exact) mass is 310 g/mol. The van der Waals surface area contributed by atoms with E-state index in [9.17, 15) is 0 Å². The maximum absolute atomic E-state index is 2.57. The van der Waals surface area contributed by atoms with Crippen LogP contribution in [0.1, 0.15) is 102 Å². The molecule has 0 spiro atoms. The molecule has 0 aromatic rings. The first-order chi connectivity index (χ1) is 9.83. The van der Waals surface area contributed by atoms with Gasteiger partial charge in [0.05, 0.1) is 0 Å². The van der Waals surface area contributed by atoms with Gasteiger partial charge in [-0.15, -0.1) is 0 Å². The molecular formula is C22H46. The zero-order chi connectivity index (χ0) is 17.7. The Hall–Kier alpha value is 0. The predicted molar refractivity (Wildman–Crippen MR) is 103 cm³/mol. The zero-order valence-electron chi connectivity index (χ0n) is 17.7. The van der Waals surface area contributed by atoms with E-state index < -0.39 is 0 Å². The molecule has 0 aromatic heterocycles. The van der Waals surface area contributed by atoms with Gasteiger partial charge >= 0.3 is 0 Å². The van der Waals surface area contributed by atoms with Crippen molar-refractivity contribution in [3.8, 4) is 0 Å². The van der Waals surface area contributed by atoms with Crippen LogP contribution in [0.4, 0.5) is 0 Å². The lowest BCUT2D eigenvalue weighted by Crippen LogP contribution is -2.43. The molecule has 0 saturated heterocycles. The van der Waals surface area contributed by atoms with Crippen molar-refractivity contribution in [3.05, 3.63) is 0 Å². The van der Waals surface area contributed by atoms with Gasteiger partial charge in [0, 0.05) is 0 Å². The smallest absolute Gasteiger partial charge is 0.0290 e. The first-order valence-corrected chi connectivity index (χ1v) is 9.83. The van der Waals surface area contributed by atoms with Crippen LogP contribution in [-0.2, 0) is 0 Å². The molecule has 0 aliphatic carbocycles. The molecular weight excluding hydrogens is 264 g/mol. The molecule has 0 heteroatoms. The molecule has 0 nitrogen and oxygen atoms in total. The van der Waals surface area contributed by atoms with E-state index in [4.69, 9.17) is 0 Å². The minimum Gasteiger partial charge on any atom is -0.0651 e. The summed E-state index contributed by atoms with van der Waals surface area (Å²) in [6.07, 6.45) is 5.41. The van der Waals surface area contributed by atoms with E-state index in [1.165, 1.54) is 25.7 Å². The zero-order valence-corrected chi connectivity index (χ0v) is 17.7. The standard InChI is InChI=1S/C22H46/c1-12-18(6)19(15-17(4)5)22(10,11)20(21(7,8)9)14-13-16(2)3/h16-20H,12-15H2,1-11H3.